The van der Waals surface area contributed by atoms with Crippen LogP contribution in [0.5, 0.6) is 5.75 Å². The Morgan fingerprint density at radius 3 is 2.42 bits per heavy atom. The maximum absolute atomic E-state index is 11.8. The van der Waals surface area contributed by atoms with Gasteiger partial charge in [0, 0.05) is 19.1 Å². The molecule has 0 aromatic heterocycles. The first-order valence-electron chi connectivity index (χ1n) is 9.31. The van der Waals surface area contributed by atoms with Crippen LogP contribution in [-0.4, -0.2) is 44.1 Å². The van der Waals surface area contributed by atoms with Crippen molar-refractivity contribution in [1.29, 1.82) is 0 Å². The van der Waals surface area contributed by atoms with Gasteiger partial charge in [-0.05, 0) is 51.3 Å². The number of guanidine groups is 1. The summed E-state index contributed by atoms with van der Waals surface area (Å²) < 4.78 is 5.67. The fraction of sp³-hybridized carbons (Fsp3) is 0.600. The van der Waals surface area contributed by atoms with Crippen molar-refractivity contribution >= 4 is 11.9 Å². The summed E-state index contributed by atoms with van der Waals surface area (Å²) in [5.74, 6) is 1.48. The molecule has 0 radical (unpaired) electrons. The van der Waals surface area contributed by atoms with E-state index in [1.165, 1.54) is 5.56 Å². The topological polar surface area (TPSA) is 74.8 Å². The average molecular weight is 363 g/mol. The summed E-state index contributed by atoms with van der Waals surface area (Å²) in [6, 6.07) is 8.18. The zero-order chi connectivity index (χ0) is 19.4. The number of benzene rings is 1. The highest BCUT2D eigenvalue weighted by atomic mass is 16.5. The molecule has 0 bridgehead atoms. The van der Waals surface area contributed by atoms with Crippen LogP contribution in [0.1, 0.15) is 46.1 Å². The number of carbonyl (C=O) groups is 1. The minimum absolute atomic E-state index is 0.0564. The Kier molecular flexibility index (Phi) is 9.55. The van der Waals surface area contributed by atoms with Gasteiger partial charge in [0.25, 0.3) is 0 Å². The molecular weight excluding hydrogens is 328 g/mol. The van der Waals surface area contributed by atoms with Crippen molar-refractivity contribution in [1.82, 2.24) is 16.0 Å². The fourth-order valence-electron chi connectivity index (χ4n) is 2.26. The summed E-state index contributed by atoms with van der Waals surface area (Å²) in [5.41, 5.74) is 0.989. The van der Waals surface area contributed by atoms with Crippen molar-refractivity contribution in [3.63, 3.8) is 0 Å². The van der Waals surface area contributed by atoms with E-state index in [1.807, 2.05) is 32.9 Å². The number of unbranched alkanes of at least 4 members (excludes halogenated alkanes) is 1. The van der Waals surface area contributed by atoms with Crippen molar-refractivity contribution in [2.45, 2.75) is 52.5 Å². The number of aliphatic imine (C=N–C) groups is 1. The molecular formula is C20H34N4O2. The number of nitrogens with one attached hydrogen (secondary N) is 3. The van der Waals surface area contributed by atoms with Crippen LogP contribution >= 0.6 is 0 Å². The third-order valence-corrected chi connectivity index (χ3v) is 3.55. The lowest BCUT2D eigenvalue weighted by molar-refractivity contribution is -0.121. The molecule has 3 N–H and O–H groups in total. The number of nitrogens with zero attached hydrogens (tertiary/aromatic N) is 1. The Labute approximate surface area is 157 Å². The van der Waals surface area contributed by atoms with Crippen LogP contribution in [-0.2, 0) is 11.2 Å². The van der Waals surface area contributed by atoms with Crippen LogP contribution < -0.4 is 20.7 Å². The van der Waals surface area contributed by atoms with Crippen LogP contribution in [0.25, 0.3) is 0 Å². The Bertz CT molecular complexity index is 562. The fourth-order valence-corrected chi connectivity index (χ4v) is 2.26. The average Bonchev–Trinajstić information content (AvgIpc) is 2.58. The highest BCUT2D eigenvalue weighted by molar-refractivity contribution is 5.86. The second-order valence-electron chi connectivity index (χ2n) is 7.25. The largest absolute Gasteiger partial charge is 0.494 e. The molecule has 1 aromatic carbocycles. The van der Waals surface area contributed by atoms with Gasteiger partial charge < -0.3 is 20.7 Å². The summed E-state index contributed by atoms with van der Waals surface area (Å²) in [7, 11) is 1.69. The summed E-state index contributed by atoms with van der Waals surface area (Å²) in [6.07, 6.45) is 3.08. The minimum atomic E-state index is -0.234. The van der Waals surface area contributed by atoms with Gasteiger partial charge in [0.1, 0.15) is 5.75 Å². The number of hydrogen-bond acceptors (Lipinski definition) is 3. The highest BCUT2D eigenvalue weighted by Gasteiger charge is 2.13. The third kappa shape index (κ3) is 9.91. The van der Waals surface area contributed by atoms with E-state index in [1.54, 1.807) is 7.05 Å². The van der Waals surface area contributed by atoms with E-state index in [2.05, 4.69) is 40.0 Å². The number of hydrogen-bond donors (Lipinski definition) is 3. The van der Waals surface area contributed by atoms with E-state index < -0.39 is 0 Å². The molecule has 0 aliphatic rings. The van der Waals surface area contributed by atoms with Crippen molar-refractivity contribution < 1.29 is 9.53 Å². The van der Waals surface area contributed by atoms with E-state index in [9.17, 15) is 4.79 Å². The molecule has 0 unspecified atom stereocenters. The normalized spacial score (nSPS) is 11.8. The molecule has 1 amide bonds. The van der Waals surface area contributed by atoms with E-state index in [0.717, 1.165) is 38.2 Å². The molecule has 1 rings (SSSR count). The number of ether oxygens (including phenoxy) is 1. The molecule has 0 saturated carbocycles. The van der Waals surface area contributed by atoms with Gasteiger partial charge >= 0.3 is 0 Å². The van der Waals surface area contributed by atoms with Crippen LogP contribution in [0.4, 0.5) is 0 Å². The van der Waals surface area contributed by atoms with E-state index in [0.29, 0.717) is 5.96 Å². The molecule has 0 spiro atoms. The Hall–Kier alpha value is -2.24. The monoisotopic (exact) mass is 362 g/mol. The predicted octanol–water partition coefficient (Wildman–Crippen LogP) is 2.49. The smallest absolute Gasteiger partial charge is 0.239 e. The number of amides is 1. The summed E-state index contributed by atoms with van der Waals surface area (Å²) in [5, 5.41) is 9.15. The predicted molar refractivity (Wildman–Crippen MR) is 108 cm³/mol. The van der Waals surface area contributed by atoms with Gasteiger partial charge in [0.2, 0.25) is 5.91 Å². The lowest BCUT2D eigenvalue weighted by Crippen LogP contribution is -2.48. The Morgan fingerprint density at radius 2 is 1.85 bits per heavy atom. The van der Waals surface area contributed by atoms with Crippen LogP contribution in [0.2, 0.25) is 0 Å². The summed E-state index contributed by atoms with van der Waals surface area (Å²) >= 11 is 0. The lowest BCUT2D eigenvalue weighted by atomic mass is 10.1. The lowest BCUT2D eigenvalue weighted by Gasteiger charge is -2.21. The maximum atomic E-state index is 11.8. The standard InChI is InChI=1S/C20H34N4O2/c1-6-7-14-26-17-10-8-16(9-11-17)12-13-22-19(21-5)23-15-18(25)24-20(2,3)4/h8-11H,6-7,12-15H2,1-5H3,(H,24,25)(H2,21,22,23). The quantitative estimate of drug-likeness (QED) is 0.358. The molecule has 0 aliphatic heterocycles. The number of carbonyl (C=O) groups excluding carboxylic acids is 1. The molecule has 6 nitrogen and oxygen atoms in total. The minimum Gasteiger partial charge on any atom is -0.494 e. The van der Waals surface area contributed by atoms with Crippen LogP contribution in [0.15, 0.2) is 29.3 Å². The summed E-state index contributed by atoms with van der Waals surface area (Å²) in [6.45, 7) is 9.72. The van der Waals surface area contributed by atoms with Gasteiger partial charge in [-0.25, -0.2) is 0 Å². The molecule has 26 heavy (non-hydrogen) atoms. The van der Waals surface area contributed by atoms with Crippen LogP contribution in [0, 0.1) is 0 Å². The van der Waals surface area contributed by atoms with E-state index >= 15 is 0 Å². The zero-order valence-electron chi connectivity index (χ0n) is 16.8. The second kappa shape index (κ2) is 11.4. The van der Waals surface area contributed by atoms with Crippen LogP contribution in [0.3, 0.4) is 0 Å². The van der Waals surface area contributed by atoms with E-state index in [4.69, 9.17) is 4.74 Å². The van der Waals surface area contributed by atoms with Crippen molar-refractivity contribution in [2.24, 2.45) is 4.99 Å². The van der Waals surface area contributed by atoms with E-state index in [-0.39, 0.29) is 18.0 Å². The molecule has 0 aliphatic carbocycles. The van der Waals surface area contributed by atoms with Gasteiger partial charge in [-0.3, -0.25) is 9.79 Å². The SMILES string of the molecule is CCCCOc1ccc(CCNC(=NC)NCC(=O)NC(C)(C)C)cc1. The Morgan fingerprint density at radius 1 is 1.15 bits per heavy atom. The number of rotatable bonds is 9. The molecule has 0 fully saturated rings. The molecule has 0 atom stereocenters. The van der Waals surface area contributed by atoms with Gasteiger partial charge in [-0.15, -0.1) is 0 Å². The maximum Gasteiger partial charge on any atom is 0.239 e. The van der Waals surface area contributed by atoms with Gasteiger partial charge in [0.05, 0.1) is 13.2 Å². The van der Waals surface area contributed by atoms with Gasteiger partial charge in [0.15, 0.2) is 5.96 Å². The first kappa shape index (κ1) is 21.8. The van der Waals surface area contributed by atoms with Gasteiger partial charge in [-0.2, -0.15) is 0 Å². The molecule has 1 aromatic rings. The molecule has 0 heterocycles. The molecule has 146 valence electrons. The van der Waals surface area contributed by atoms with Gasteiger partial charge in [-0.1, -0.05) is 25.5 Å². The molecule has 6 heteroatoms. The van der Waals surface area contributed by atoms with Crippen molar-refractivity contribution in [2.75, 3.05) is 26.7 Å². The Balaban J connectivity index is 2.30. The second-order valence-corrected chi connectivity index (χ2v) is 7.25. The van der Waals surface area contributed by atoms with Crippen molar-refractivity contribution in [3.8, 4) is 5.75 Å². The summed E-state index contributed by atoms with van der Waals surface area (Å²) in [4.78, 5) is 16.0. The zero-order valence-corrected chi connectivity index (χ0v) is 16.8. The first-order valence-corrected chi connectivity index (χ1v) is 9.31. The first-order chi connectivity index (χ1) is 12.3. The highest BCUT2D eigenvalue weighted by Crippen LogP contribution is 2.12. The molecule has 0 saturated heterocycles. The van der Waals surface area contributed by atoms with Crippen molar-refractivity contribution in [3.05, 3.63) is 29.8 Å². The third-order valence-electron chi connectivity index (χ3n) is 3.55.